The van der Waals surface area contributed by atoms with Gasteiger partial charge >= 0.3 is 11.9 Å². The maximum atomic E-state index is 11.7. The first-order chi connectivity index (χ1) is 13.5. The Hall–Kier alpha value is -3.46. The molecule has 0 radical (unpaired) electrons. The third kappa shape index (κ3) is 4.44. The highest BCUT2D eigenvalue weighted by atomic mass is 32.2. The standard InChI is InChI=1S/C19H15N3O5S/c23-16(24)9-15-17(25)21-19(28-15)22-20-10-11-5-1-2-6-12(11)13-7-3-4-8-14(13)18(26)27/h1-8,10,15H,9H2,(H,23,24)(H,26,27)(H,21,22,25). The van der Waals surface area contributed by atoms with Crippen molar-refractivity contribution < 1.29 is 24.6 Å². The maximum Gasteiger partial charge on any atom is 0.336 e. The number of hydrogen-bond donors (Lipinski definition) is 3. The van der Waals surface area contributed by atoms with Crippen molar-refractivity contribution in [2.75, 3.05) is 0 Å². The predicted octanol–water partition coefficient (Wildman–Crippen LogP) is 2.45. The van der Waals surface area contributed by atoms with Gasteiger partial charge in [-0.25, -0.2) is 4.79 Å². The summed E-state index contributed by atoms with van der Waals surface area (Å²) in [5.41, 5.74) is 2.05. The van der Waals surface area contributed by atoms with Crippen LogP contribution >= 0.6 is 11.8 Å². The minimum Gasteiger partial charge on any atom is -0.481 e. The lowest BCUT2D eigenvalue weighted by molar-refractivity contribution is -0.138. The molecular formula is C19H15N3O5S. The minimum atomic E-state index is -1.07. The van der Waals surface area contributed by atoms with Gasteiger partial charge < -0.3 is 15.5 Å². The van der Waals surface area contributed by atoms with Crippen LogP contribution < -0.4 is 5.32 Å². The summed E-state index contributed by atoms with van der Waals surface area (Å²) in [6, 6.07) is 13.8. The van der Waals surface area contributed by atoms with Crippen LogP contribution in [0.1, 0.15) is 22.3 Å². The number of thioether (sulfide) groups is 1. The number of amides is 1. The van der Waals surface area contributed by atoms with Gasteiger partial charge in [0, 0.05) is 5.56 Å². The van der Waals surface area contributed by atoms with Gasteiger partial charge in [0.05, 0.1) is 18.2 Å². The van der Waals surface area contributed by atoms with Gasteiger partial charge in [0.25, 0.3) is 0 Å². The first-order valence-electron chi connectivity index (χ1n) is 8.18. The van der Waals surface area contributed by atoms with Crippen LogP contribution in [0.15, 0.2) is 58.7 Å². The molecular weight excluding hydrogens is 382 g/mol. The summed E-state index contributed by atoms with van der Waals surface area (Å²) in [6.45, 7) is 0. The number of hydrogen-bond acceptors (Lipinski definition) is 6. The Balaban J connectivity index is 1.84. The summed E-state index contributed by atoms with van der Waals surface area (Å²) in [6.07, 6.45) is 1.16. The molecule has 2 aromatic carbocycles. The van der Waals surface area contributed by atoms with E-state index in [2.05, 4.69) is 15.5 Å². The second-order valence-electron chi connectivity index (χ2n) is 5.78. The van der Waals surface area contributed by atoms with E-state index in [0.29, 0.717) is 16.7 Å². The number of carboxylic acid groups (broad SMARTS) is 2. The second-order valence-corrected chi connectivity index (χ2v) is 6.97. The summed E-state index contributed by atoms with van der Waals surface area (Å²) in [7, 11) is 0. The molecule has 0 aromatic heterocycles. The Bertz CT molecular complexity index is 1000. The molecule has 1 aliphatic heterocycles. The molecule has 0 bridgehead atoms. The largest absolute Gasteiger partial charge is 0.481 e. The highest BCUT2D eigenvalue weighted by molar-refractivity contribution is 8.15. The molecule has 3 N–H and O–H groups in total. The molecule has 1 aliphatic rings. The Morgan fingerprint density at radius 1 is 1.07 bits per heavy atom. The Kier molecular flexibility index (Phi) is 5.85. The first kappa shape index (κ1) is 19.3. The van der Waals surface area contributed by atoms with E-state index in [1.54, 1.807) is 42.5 Å². The first-order valence-corrected chi connectivity index (χ1v) is 9.05. The van der Waals surface area contributed by atoms with E-state index >= 15 is 0 Å². The van der Waals surface area contributed by atoms with Crippen molar-refractivity contribution in [2.45, 2.75) is 11.7 Å². The monoisotopic (exact) mass is 397 g/mol. The molecule has 1 unspecified atom stereocenters. The molecule has 0 spiro atoms. The van der Waals surface area contributed by atoms with Gasteiger partial charge in [-0.2, -0.15) is 5.10 Å². The van der Waals surface area contributed by atoms with E-state index in [1.807, 2.05) is 0 Å². The molecule has 0 saturated carbocycles. The molecule has 142 valence electrons. The molecule has 2 aromatic rings. The van der Waals surface area contributed by atoms with Gasteiger partial charge in [0.1, 0.15) is 5.25 Å². The van der Waals surface area contributed by atoms with E-state index < -0.39 is 23.1 Å². The Labute approximate surface area is 164 Å². The third-order valence-corrected chi connectivity index (χ3v) is 4.96. The van der Waals surface area contributed by atoms with Crippen molar-refractivity contribution in [1.82, 2.24) is 5.32 Å². The number of nitrogens with one attached hydrogen (secondary N) is 1. The zero-order valence-electron chi connectivity index (χ0n) is 14.4. The quantitative estimate of drug-likeness (QED) is 0.507. The van der Waals surface area contributed by atoms with E-state index in [0.717, 1.165) is 11.8 Å². The average molecular weight is 397 g/mol. The number of aromatic carboxylic acids is 1. The number of rotatable bonds is 6. The SMILES string of the molecule is O=C(O)CC1SC(=NN=Cc2ccccc2-c2ccccc2C(=O)O)NC1=O. The van der Waals surface area contributed by atoms with Crippen molar-refractivity contribution in [3.05, 3.63) is 59.7 Å². The molecule has 9 heteroatoms. The highest BCUT2D eigenvalue weighted by Gasteiger charge is 2.32. The Morgan fingerprint density at radius 2 is 1.75 bits per heavy atom. The summed E-state index contributed by atoms with van der Waals surface area (Å²) in [5, 5.41) is 28.1. The van der Waals surface area contributed by atoms with Crippen LogP contribution in [0.2, 0.25) is 0 Å². The van der Waals surface area contributed by atoms with Crippen molar-refractivity contribution in [2.24, 2.45) is 10.2 Å². The molecule has 0 aliphatic carbocycles. The number of amidine groups is 1. The summed E-state index contributed by atoms with van der Waals surface area (Å²) >= 11 is 1.01. The molecule has 1 fully saturated rings. The van der Waals surface area contributed by atoms with Crippen LogP contribution in [0.3, 0.4) is 0 Å². The van der Waals surface area contributed by atoms with E-state index in [4.69, 9.17) is 5.11 Å². The van der Waals surface area contributed by atoms with Gasteiger partial charge in [-0.3, -0.25) is 9.59 Å². The number of aliphatic carboxylic acids is 1. The van der Waals surface area contributed by atoms with E-state index in [-0.39, 0.29) is 17.2 Å². The van der Waals surface area contributed by atoms with Gasteiger partial charge in [0.2, 0.25) is 5.91 Å². The van der Waals surface area contributed by atoms with Crippen molar-refractivity contribution in [3.63, 3.8) is 0 Å². The van der Waals surface area contributed by atoms with Crippen molar-refractivity contribution in [1.29, 1.82) is 0 Å². The lowest BCUT2D eigenvalue weighted by Gasteiger charge is -2.08. The van der Waals surface area contributed by atoms with Crippen LogP contribution in [0.5, 0.6) is 0 Å². The highest BCUT2D eigenvalue weighted by Crippen LogP contribution is 2.27. The average Bonchev–Trinajstić information content (AvgIpc) is 3.00. The van der Waals surface area contributed by atoms with Gasteiger partial charge in [-0.1, -0.05) is 54.2 Å². The number of benzene rings is 2. The van der Waals surface area contributed by atoms with Crippen LogP contribution in [0, 0.1) is 0 Å². The lowest BCUT2D eigenvalue weighted by atomic mass is 9.96. The minimum absolute atomic E-state index is 0.171. The smallest absolute Gasteiger partial charge is 0.336 e. The molecule has 1 heterocycles. The van der Waals surface area contributed by atoms with Crippen molar-refractivity contribution in [3.8, 4) is 11.1 Å². The fourth-order valence-corrected chi connectivity index (χ4v) is 3.56. The number of carboxylic acids is 2. The summed E-state index contributed by atoms with van der Waals surface area (Å²) in [4.78, 5) is 34.0. The van der Waals surface area contributed by atoms with Gasteiger partial charge in [0.15, 0.2) is 5.17 Å². The van der Waals surface area contributed by atoms with Crippen LogP contribution in [-0.2, 0) is 9.59 Å². The van der Waals surface area contributed by atoms with E-state index in [9.17, 15) is 19.5 Å². The lowest BCUT2D eigenvalue weighted by Crippen LogP contribution is -2.26. The van der Waals surface area contributed by atoms with Gasteiger partial charge in [-0.05, 0) is 17.2 Å². The predicted molar refractivity (Wildman–Crippen MR) is 106 cm³/mol. The zero-order chi connectivity index (χ0) is 20.1. The summed E-state index contributed by atoms with van der Waals surface area (Å²) < 4.78 is 0. The number of carbonyl (C=O) groups excluding carboxylic acids is 1. The maximum absolute atomic E-state index is 11.7. The molecule has 1 atom stereocenters. The van der Waals surface area contributed by atoms with E-state index in [1.165, 1.54) is 12.3 Å². The molecule has 1 amide bonds. The van der Waals surface area contributed by atoms with Crippen LogP contribution in [0.25, 0.3) is 11.1 Å². The van der Waals surface area contributed by atoms with Crippen LogP contribution in [0.4, 0.5) is 0 Å². The van der Waals surface area contributed by atoms with Crippen LogP contribution in [-0.4, -0.2) is 44.7 Å². The molecule has 8 nitrogen and oxygen atoms in total. The molecule has 3 rings (SSSR count). The Morgan fingerprint density at radius 3 is 2.46 bits per heavy atom. The number of nitrogens with zero attached hydrogens (tertiary/aromatic N) is 2. The second kappa shape index (κ2) is 8.49. The number of carbonyl (C=O) groups is 3. The normalized spacial score (nSPS) is 17.8. The van der Waals surface area contributed by atoms with Crippen molar-refractivity contribution >= 4 is 41.0 Å². The van der Waals surface area contributed by atoms with Gasteiger partial charge in [-0.15, -0.1) is 5.10 Å². The summed E-state index contributed by atoms with van der Waals surface area (Å²) in [5.74, 6) is -2.52. The molecule has 1 saturated heterocycles. The molecule has 28 heavy (non-hydrogen) atoms. The fraction of sp³-hybridized carbons (Fsp3) is 0.105. The fourth-order valence-electron chi connectivity index (χ4n) is 2.65. The third-order valence-electron chi connectivity index (χ3n) is 3.89. The topological polar surface area (TPSA) is 128 Å². The zero-order valence-corrected chi connectivity index (χ0v) is 15.2.